The number of carbonyl (C=O) groups excluding carboxylic acids is 1. The minimum atomic E-state index is -0.155. The van der Waals surface area contributed by atoms with Crippen molar-refractivity contribution in [1.82, 2.24) is 5.32 Å². The van der Waals surface area contributed by atoms with Gasteiger partial charge in [-0.3, -0.25) is 4.79 Å². The van der Waals surface area contributed by atoms with Gasteiger partial charge in [0.2, 0.25) is 0 Å². The van der Waals surface area contributed by atoms with E-state index in [1.54, 1.807) is 13.0 Å². The van der Waals surface area contributed by atoms with Crippen LogP contribution in [0.3, 0.4) is 0 Å². The topological polar surface area (TPSA) is 29.1 Å². The summed E-state index contributed by atoms with van der Waals surface area (Å²) in [6.45, 7) is 3.61. The maximum absolute atomic E-state index is 13.6. The van der Waals surface area contributed by atoms with E-state index in [9.17, 15) is 9.18 Å². The Morgan fingerprint density at radius 1 is 1.37 bits per heavy atom. The number of fused-ring (bicyclic) bond motifs is 2. The molecule has 1 aliphatic carbocycles. The van der Waals surface area contributed by atoms with Crippen LogP contribution in [0.1, 0.15) is 37.3 Å². The molecule has 2 aliphatic rings. The fourth-order valence-corrected chi connectivity index (χ4v) is 3.81. The summed E-state index contributed by atoms with van der Waals surface area (Å²) in [5, 5.41) is 3.37. The number of ketones is 1. The second-order valence-electron chi connectivity index (χ2n) is 6.05. The van der Waals surface area contributed by atoms with Crippen LogP contribution >= 0.6 is 0 Å². The number of Topliss-reactive ketones (excluding diaryl/α,β-unsaturated/α-hetero) is 1. The molecule has 0 aromatic heterocycles. The number of nitrogens with one attached hydrogen (secondary N) is 1. The van der Waals surface area contributed by atoms with Crippen molar-refractivity contribution < 1.29 is 9.18 Å². The highest BCUT2D eigenvalue weighted by atomic mass is 19.1. The predicted octanol–water partition coefficient (Wildman–Crippen LogP) is 2.60. The fraction of sp³-hybridized carbons (Fsp3) is 0.562. The Bertz CT molecular complexity index is 505. The second kappa shape index (κ2) is 4.71. The van der Waals surface area contributed by atoms with Crippen LogP contribution in [0.2, 0.25) is 0 Å². The third kappa shape index (κ3) is 2.20. The molecule has 0 amide bonds. The lowest BCUT2D eigenvalue weighted by atomic mass is 9.61. The molecule has 0 unspecified atom stereocenters. The Hall–Kier alpha value is -1.22. The summed E-state index contributed by atoms with van der Waals surface area (Å²) >= 11 is 0. The van der Waals surface area contributed by atoms with Crippen LogP contribution in [-0.4, -0.2) is 18.9 Å². The zero-order chi connectivity index (χ0) is 13.5. The van der Waals surface area contributed by atoms with Crippen molar-refractivity contribution in [2.45, 2.75) is 38.0 Å². The van der Waals surface area contributed by atoms with Crippen molar-refractivity contribution in [2.75, 3.05) is 13.1 Å². The summed E-state index contributed by atoms with van der Waals surface area (Å²) in [4.78, 5) is 11.8. The van der Waals surface area contributed by atoms with Gasteiger partial charge in [0.05, 0.1) is 0 Å². The zero-order valence-corrected chi connectivity index (χ0v) is 11.3. The minimum absolute atomic E-state index is 0.0112. The lowest BCUT2D eigenvalue weighted by Gasteiger charge is -2.45. The Labute approximate surface area is 113 Å². The third-order valence-corrected chi connectivity index (χ3v) is 4.88. The van der Waals surface area contributed by atoms with E-state index in [2.05, 4.69) is 5.32 Å². The molecule has 1 heterocycles. The van der Waals surface area contributed by atoms with E-state index in [0.29, 0.717) is 0 Å². The molecule has 1 saturated heterocycles. The van der Waals surface area contributed by atoms with Gasteiger partial charge in [-0.25, -0.2) is 4.39 Å². The van der Waals surface area contributed by atoms with E-state index in [-0.39, 0.29) is 22.9 Å². The SMILES string of the molecule is CC(=O)[C@@H]1Cc2ccc(F)cc2C2(CCNCC2)C1. The van der Waals surface area contributed by atoms with Gasteiger partial charge in [-0.2, -0.15) is 0 Å². The molecular formula is C16H20FNO. The smallest absolute Gasteiger partial charge is 0.133 e. The summed E-state index contributed by atoms with van der Waals surface area (Å²) in [6, 6.07) is 5.11. The molecular weight excluding hydrogens is 241 g/mol. The minimum Gasteiger partial charge on any atom is -0.317 e. The molecule has 1 fully saturated rings. The van der Waals surface area contributed by atoms with Gasteiger partial charge in [-0.15, -0.1) is 0 Å². The van der Waals surface area contributed by atoms with Gasteiger partial charge in [-0.05, 0) is 74.4 Å². The molecule has 1 spiro atoms. The fourth-order valence-electron chi connectivity index (χ4n) is 3.81. The van der Waals surface area contributed by atoms with E-state index >= 15 is 0 Å². The number of hydrogen-bond acceptors (Lipinski definition) is 2. The molecule has 19 heavy (non-hydrogen) atoms. The van der Waals surface area contributed by atoms with Crippen molar-refractivity contribution in [2.24, 2.45) is 5.92 Å². The highest BCUT2D eigenvalue weighted by molar-refractivity contribution is 5.79. The molecule has 2 nitrogen and oxygen atoms in total. The summed E-state index contributed by atoms with van der Waals surface area (Å²) in [7, 11) is 0. The summed E-state index contributed by atoms with van der Waals surface area (Å²) in [5.41, 5.74) is 2.35. The quantitative estimate of drug-likeness (QED) is 0.842. The first-order valence-electron chi connectivity index (χ1n) is 7.11. The third-order valence-electron chi connectivity index (χ3n) is 4.88. The van der Waals surface area contributed by atoms with E-state index in [0.717, 1.165) is 44.3 Å². The van der Waals surface area contributed by atoms with E-state index in [1.165, 1.54) is 11.6 Å². The van der Waals surface area contributed by atoms with Gasteiger partial charge in [0.15, 0.2) is 0 Å². The van der Waals surface area contributed by atoms with Crippen molar-refractivity contribution in [1.29, 1.82) is 0 Å². The lowest BCUT2D eigenvalue weighted by molar-refractivity contribution is -0.121. The summed E-state index contributed by atoms with van der Waals surface area (Å²) in [6.07, 6.45) is 3.68. The van der Waals surface area contributed by atoms with Gasteiger partial charge < -0.3 is 5.32 Å². The van der Waals surface area contributed by atoms with Crippen molar-refractivity contribution in [3.63, 3.8) is 0 Å². The lowest BCUT2D eigenvalue weighted by Crippen LogP contribution is -2.45. The van der Waals surface area contributed by atoms with Crippen molar-refractivity contribution in [3.05, 3.63) is 35.1 Å². The first-order valence-corrected chi connectivity index (χ1v) is 7.11. The number of rotatable bonds is 1. The normalized spacial score (nSPS) is 25.1. The van der Waals surface area contributed by atoms with Gasteiger partial charge in [-0.1, -0.05) is 6.07 Å². The zero-order valence-electron chi connectivity index (χ0n) is 11.3. The molecule has 0 radical (unpaired) electrons. The molecule has 102 valence electrons. The summed E-state index contributed by atoms with van der Waals surface area (Å²) in [5.74, 6) is 0.224. The Morgan fingerprint density at radius 3 is 2.79 bits per heavy atom. The van der Waals surface area contributed by atoms with E-state index in [1.807, 2.05) is 6.07 Å². The first kappa shape index (κ1) is 12.8. The molecule has 3 heteroatoms. The molecule has 3 rings (SSSR count). The largest absolute Gasteiger partial charge is 0.317 e. The van der Waals surface area contributed by atoms with Crippen LogP contribution in [0.4, 0.5) is 4.39 Å². The van der Waals surface area contributed by atoms with Crippen molar-refractivity contribution >= 4 is 5.78 Å². The highest BCUT2D eigenvalue weighted by Gasteiger charge is 2.42. The van der Waals surface area contributed by atoms with Crippen LogP contribution in [0, 0.1) is 11.7 Å². The molecule has 1 aromatic rings. The second-order valence-corrected chi connectivity index (χ2v) is 6.05. The first-order chi connectivity index (χ1) is 9.11. The van der Waals surface area contributed by atoms with Crippen LogP contribution in [0.5, 0.6) is 0 Å². The van der Waals surface area contributed by atoms with Gasteiger partial charge in [0.1, 0.15) is 11.6 Å². The summed E-state index contributed by atoms with van der Waals surface area (Å²) < 4.78 is 13.6. The van der Waals surface area contributed by atoms with E-state index < -0.39 is 0 Å². The highest BCUT2D eigenvalue weighted by Crippen LogP contribution is 2.46. The number of carbonyl (C=O) groups is 1. The van der Waals surface area contributed by atoms with Crippen LogP contribution < -0.4 is 5.32 Å². The number of hydrogen-bond donors (Lipinski definition) is 1. The van der Waals surface area contributed by atoms with Crippen LogP contribution in [-0.2, 0) is 16.6 Å². The number of piperidine rings is 1. The molecule has 1 atom stereocenters. The molecule has 1 aromatic carbocycles. The molecule has 1 N–H and O–H groups in total. The molecule has 0 saturated carbocycles. The van der Waals surface area contributed by atoms with Crippen LogP contribution in [0.25, 0.3) is 0 Å². The van der Waals surface area contributed by atoms with E-state index in [4.69, 9.17) is 0 Å². The number of benzene rings is 1. The average Bonchev–Trinajstić information content (AvgIpc) is 2.40. The standard InChI is InChI=1S/C16H20FNO/c1-11(19)13-8-12-2-3-14(17)9-15(12)16(10-13)4-6-18-7-5-16/h2-3,9,13,18H,4-8,10H2,1H3/t13-/m1/s1. The molecule has 1 aliphatic heterocycles. The number of halogens is 1. The van der Waals surface area contributed by atoms with Gasteiger partial charge in [0, 0.05) is 5.92 Å². The maximum Gasteiger partial charge on any atom is 0.133 e. The Kier molecular flexibility index (Phi) is 3.17. The maximum atomic E-state index is 13.6. The van der Waals surface area contributed by atoms with Crippen LogP contribution in [0.15, 0.2) is 18.2 Å². The van der Waals surface area contributed by atoms with Gasteiger partial charge >= 0.3 is 0 Å². The predicted molar refractivity (Wildman–Crippen MR) is 72.7 cm³/mol. The Morgan fingerprint density at radius 2 is 2.11 bits per heavy atom. The monoisotopic (exact) mass is 261 g/mol. The van der Waals surface area contributed by atoms with Gasteiger partial charge in [0.25, 0.3) is 0 Å². The van der Waals surface area contributed by atoms with Crippen molar-refractivity contribution in [3.8, 4) is 0 Å². The molecule has 0 bridgehead atoms. The Balaban J connectivity index is 2.07. The average molecular weight is 261 g/mol.